The van der Waals surface area contributed by atoms with E-state index in [2.05, 4.69) is 40.5 Å². The molecule has 1 saturated carbocycles. The van der Waals surface area contributed by atoms with Gasteiger partial charge in [0.1, 0.15) is 0 Å². The Morgan fingerprint density at radius 2 is 1.88 bits per heavy atom. The zero-order chi connectivity index (χ0) is 17.9. The van der Waals surface area contributed by atoms with Gasteiger partial charge in [-0.3, -0.25) is 4.90 Å². The Morgan fingerprint density at radius 1 is 1.12 bits per heavy atom. The van der Waals surface area contributed by atoms with E-state index in [1.165, 1.54) is 24.0 Å². The maximum Gasteiger partial charge on any atom is 0.335 e. The van der Waals surface area contributed by atoms with Gasteiger partial charge in [-0.15, -0.1) is 0 Å². The van der Waals surface area contributed by atoms with Gasteiger partial charge in [-0.2, -0.15) is 0 Å². The summed E-state index contributed by atoms with van der Waals surface area (Å²) in [4.78, 5) is 13.4. The summed E-state index contributed by atoms with van der Waals surface area (Å²) in [7, 11) is 0. The number of hydrogen-bond acceptors (Lipinski definition) is 3. The predicted octanol–water partition coefficient (Wildman–Crippen LogP) is 3.35. The SMILES string of the molecule is O=C(O)c1ccc(CN2CC[C@H](CN[C@@H]3C[C@H]3c3ccccc3)C2)cc1. The second kappa shape index (κ2) is 7.60. The van der Waals surface area contributed by atoms with Crippen LogP contribution in [0.2, 0.25) is 0 Å². The Bertz CT molecular complexity index is 744. The van der Waals surface area contributed by atoms with Crippen molar-refractivity contribution in [3.63, 3.8) is 0 Å². The predicted molar refractivity (Wildman–Crippen MR) is 102 cm³/mol. The highest BCUT2D eigenvalue weighted by atomic mass is 16.4. The van der Waals surface area contributed by atoms with E-state index in [0.29, 0.717) is 23.4 Å². The first kappa shape index (κ1) is 17.3. The lowest BCUT2D eigenvalue weighted by Gasteiger charge is -2.16. The number of aromatic carboxylic acids is 1. The van der Waals surface area contributed by atoms with Crippen molar-refractivity contribution in [1.29, 1.82) is 0 Å². The van der Waals surface area contributed by atoms with Crippen LogP contribution < -0.4 is 5.32 Å². The molecular formula is C22H26N2O2. The number of hydrogen-bond donors (Lipinski definition) is 2. The number of carboxylic acids is 1. The Morgan fingerprint density at radius 3 is 2.62 bits per heavy atom. The Kier molecular flexibility index (Phi) is 5.05. The average Bonchev–Trinajstić information content (AvgIpc) is 3.32. The van der Waals surface area contributed by atoms with Crippen molar-refractivity contribution in [3.05, 3.63) is 71.3 Å². The van der Waals surface area contributed by atoms with Crippen LogP contribution in [0.3, 0.4) is 0 Å². The molecule has 0 amide bonds. The van der Waals surface area contributed by atoms with Crippen LogP contribution >= 0.6 is 0 Å². The zero-order valence-electron chi connectivity index (χ0n) is 15.0. The maximum absolute atomic E-state index is 10.9. The topological polar surface area (TPSA) is 52.6 Å². The molecule has 1 aliphatic heterocycles. The van der Waals surface area contributed by atoms with E-state index >= 15 is 0 Å². The molecule has 0 unspecified atom stereocenters. The molecule has 26 heavy (non-hydrogen) atoms. The van der Waals surface area contributed by atoms with Crippen molar-refractivity contribution >= 4 is 5.97 Å². The van der Waals surface area contributed by atoms with Crippen LogP contribution in [0.15, 0.2) is 54.6 Å². The first-order valence-electron chi connectivity index (χ1n) is 9.52. The molecule has 0 spiro atoms. The summed E-state index contributed by atoms with van der Waals surface area (Å²) in [5, 5.41) is 12.7. The molecule has 2 aromatic carbocycles. The molecule has 0 bridgehead atoms. The molecule has 4 nitrogen and oxygen atoms in total. The number of rotatable bonds is 7. The normalized spacial score (nSPS) is 25.3. The smallest absolute Gasteiger partial charge is 0.335 e. The van der Waals surface area contributed by atoms with E-state index in [0.717, 1.165) is 26.2 Å². The summed E-state index contributed by atoms with van der Waals surface area (Å²) < 4.78 is 0. The molecule has 1 heterocycles. The van der Waals surface area contributed by atoms with Crippen molar-refractivity contribution in [1.82, 2.24) is 10.2 Å². The molecule has 1 aliphatic carbocycles. The van der Waals surface area contributed by atoms with E-state index < -0.39 is 5.97 Å². The van der Waals surface area contributed by atoms with Crippen molar-refractivity contribution in [3.8, 4) is 0 Å². The van der Waals surface area contributed by atoms with E-state index in [-0.39, 0.29) is 0 Å². The highest BCUT2D eigenvalue weighted by Gasteiger charge is 2.38. The molecule has 0 aromatic heterocycles. The van der Waals surface area contributed by atoms with Gasteiger partial charge in [0.2, 0.25) is 0 Å². The van der Waals surface area contributed by atoms with Crippen LogP contribution in [0.1, 0.15) is 40.2 Å². The molecular weight excluding hydrogens is 324 g/mol. The van der Waals surface area contributed by atoms with Gasteiger partial charge in [0.25, 0.3) is 0 Å². The Balaban J connectivity index is 1.20. The van der Waals surface area contributed by atoms with Crippen LogP contribution in [0.25, 0.3) is 0 Å². The van der Waals surface area contributed by atoms with Gasteiger partial charge >= 0.3 is 5.97 Å². The van der Waals surface area contributed by atoms with Crippen LogP contribution in [0.4, 0.5) is 0 Å². The molecule has 1 saturated heterocycles. The van der Waals surface area contributed by atoms with Crippen molar-refractivity contribution in [2.75, 3.05) is 19.6 Å². The van der Waals surface area contributed by atoms with Gasteiger partial charge < -0.3 is 10.4 Å². The number of benzene rings is 2. The van der Waals surface area contributed by atoms with Crippen LogP contribution in [0.5, 0.6) is 0 Å². The molecule has 2 aromatic rings. The third-order valence-electron chi connectivity index (χ3n) is 5.66. The highest BCUT2D eigenvalue weighted by molar-refractivity contribution is 5.87. The summed E-state index contributed by atoms with van der Waals surface area (Å²) in [6.07, 6.45) is 2.50. The first-order valence-corrected chi connectivity index (χ1v) is 9.52. The van der Waals surface area contributed by atoms with Gasteiger partial charge in [-0.1, -0.05) is 42.5 Å². The summed E-state index contributed by atoms with van der Waals surface area (Å²) in [5.74, 6) is 0.546. The summed E-state index contributed by atoms with van der Waals surface area (Å²) in [6.45, 7) is 4.26. The monoisotopic (exact) mass is 350 g/mol. The summed E-state index contributed by atoms with van der Waals surface area (Å²) in [6, 6.07) is 18.7. The van der Waals surface area contributed by atoms with Gasteiger partial charge in [0.05, 0.1) is 5.56 Å². The summed E-state index contributed by atoms with van der Waals surface area (Å²) in [5.41, 5.74) is 3.01. The van der Waals surface area contributed by atoms with E-state index in [1.807, 2.05) is 12.1 Å². The second-order valence-electron chi connectivity index (χ2n) is 7.66. The molecule has 3 atom stereocenters. The number of carboxylic acid groups (broad SMARTS) is 1. The Labute approximate surface area is 154 Å². The minimum absolute atomic E-state index is 0.356. The quantitative estimate of drug-likeness (QED) is 0.804. The van der Waals surface area contributed by atoms with Crippen LogP contribution in [-0.2, 0) is 6.54 Å². The standard InChI is InChI=1S/C22H26N2O2/c25-22(26)19-8-6-16(7-9-19)14-24-11-10-17(15-24)13-23-21-12-20(21)18-4-2-1-3-5-18/h1-9,17,20-21,23H,10-15H2,(H,25,26)/t17-,20+,21-/m1/s1. The average molecular weight is 350 g/mol. The third kappa shape index (κ3) is 4.14. The second-order valence-corrected chi connectivity index (χ2v) is 7.66. The van der Waals surface area contributed by atoms with E-state index in [9.17, 15) is 4.79 Å². The van der Waals surface area contributed by atoms with Crippen molar-refractivity contribution in [2.45, 2.75) is 31.3 Å². The molecule has 4 rings (SSSR count). The highest BCUT2D eigenvalue weighted by Crippen LogP contribution is 2.40. The number of nitrogens with one attached hydrogen (secondary N) is 1. The van der Waals surface area contributed by atoms with Crippen LogP contribution in [0, 0.1) is 5.92 Å². The van der Waals surface area contributed by atoms with Crippen molar-refractivity contribution < 1.29 is 9.90 Å². The first-order chi connectivity index (χ1) is 12.7. The molecule has 2 fully saturated rings. The largest absolute Gasteiger partial charge is 0.478 e. The minimum Gasteiger partial charge on any atom is -0.478 e. The fraction of sp³-hybridized carbons (Fsp3) is 0.409. The van der Waals surface area contributed by atoms with Crippen molar-refractivity contribution in [2.24, 2.45) is 5.92 Å². The number of likely N-dealkylation sites (tertiary alicyclic amines) is 1. The van der Waals surface area contributed by atoms with E-state index in [1.54, 1.807) is 12.1 Å². The van der Waals surface area contributed by atoms with Gasteiger partial charge in [0, 0.05) is 25.0 Å². The fourth-order valence-electron chi connectivity index (χ4n) is 4.04. The lowest BCUT2D eigenvalue weighted by molar-refractivity contribution is 0.0697. The van der Waals surface area contributed by atoms with Gasteiger partial charge in [-0.25, -0.2) is 4.79 Å². The van der Waals surface area contributed by atoms with E-state index in [4.69, 9.17) is 5.11 Å². The number of carbonyl (C=O) groups is 1. The number of nitrogens with zero attached hydrogens (tertiary/aromatic N) is 1. The van der Waals surface area contributed by atoms with Gasteiger partial charge in [-0.05, 0) is 55.1 Å². The van der Waals surface area contributed by atoms with Gasteiger partial charge in [0.15, 0.2) is 0 Å². The minimum atomic E-state index is -0.863. The summed E-state index contributed by atoms with van der Waals surface area (Å²) >= 11 is 0. The molecule has 0 radical (unpaired) electrons. The molecule has 136 valence electrons. The lowest BCUT2D eigenvalue weighted by atomic mass is 10.1. The molecule has 4 heteroatoms. The third-order valence-corrected chi connectivity index (χ3v) is 5.66. The molecule has 2 aliphatic rings. The van der Waals surface area contributed by atoms with Crippen LogP contribution in [-0.4, -0.2) is 41.7 Å². The zero-order valence-corrected chi connectivity index (χ0v) is 15.0. The fourth-order valence-corrected chi connectivity index (χ4v) is 4.04. The lowest BCUT2D eigenvalue weighted by Crippen LogP contribution is -2.28. The Hall–Kier alpha value is -2.17. The molecule has 2 N–H and O–H groups in total. The maximum atomic E-state index is 10.9.